The van der Waals surface area contributed by atoms with Crippen LogP contribution in [0.3, 0.4) is 0 Å². The Hall–Kier alpha value is -1.50. The lowest BCUT2D eigenvalue weighted by molar-refractivity contribution is -0.141. The van der Waals surface area contributed by atoms with E-state index in [1.165, 1.54) is 0 Å². The van der Waals surface area contributed by atoms with Crippen molar-refractivity contribution in [1.29, 1.82) is 0 Å². The molecule has 2 aliphatic heterocycles. The molecule has 0 spiro atoms. The van der Waals surface area contributed by atoms with Crippen LogP contribution in [0.5, 0.6) is 0 Å². The van der Waals surface area contributed by atoms with Crippen molar-refractivity contribution in [3.63, 3.8) is 0 Å². The molecule has 0 radical (unpaired) electrons. The predicted molar refractivity (Wildman–Crippen MR) is 112 cm³/mol. The van der Waals surface area contributed by atoms with Gasteiger partial charge in [-0.25, -0.2) is 0 Å². The highest BCUT2D eigenvalue weighted by atomic mass is 35.5. The van der Waals surface area contributed by atoms with Crippen molar-refractivity contribution < 1.29 is 14.7 Å². The Labute approximate surface area is 173 Å². The summed E-state index contributed by atoms with van der Waals surface area (Å²) in [5.41, 5.74) is 1.78. The molecule has 27 heavy (non-hydrogen) atoms. The lowest BCUT2D eigenvalue weighted by Crippen LogP contribution is -2.48. The molecule has 1 amide bonds. The minimum absolute atomic E-state index is 0. The van der Waals surface area contributed by atoms with E-state index in [2.05, 4.69) is 23.6 Å². The van der Waals surface area contributed by atoms with Crippen LogP contribution < -0.4 is 4.90 Å². The molecule has 8 heteroatoms. The highest BCUT2D eigenvalue weighted by Gasteiger charge is 2.31. The topological polar surface area (TPSA) is 64.1 Å². The second-order valence-electron chi connectivity index (χ2n) is 7.24. The molecule has 2 saturated heterocycles. The average molecular weight is 418 g/mol. The molecule has 0 bridgehead atoms. The van der Waals surface area contributed by atoms with Crippen LogP contribution in [0.1, 0.15) is 30.6 Å². The van der Waals surface area contributed by atoms with Gasteiger partial charge in [0.1, 0.15) is 0 Å². The number of carbonyl (C=O) groups is 2. The standard InChI is InChI=1S/C19H27N3O3.2ClH/c1-14(2)20-9-11-21(12-10-20)17-5-3-15(4-6-17)18(23)22-8-7-16(13-22)19(24)25;;/h3-6,14,16H,7-13H2,1-2H3,(H,24,25);2*1H. The summed E-state index contributed by atoms with van der Waals surface area (Å²) in [5, 5.41) is 9.07. The first-order valence-corrected chi connectivity index (χ1v) is 9.07. The van der Waals surface area contributed by atoms with Crippen LogP contribution in [0.25, 0.3) is 0 Å². The zero-order chi connectivity index (χ0) is 18.0. The second-order valence-corrected chi connectivity index (χ2v) is 7.24. The van der Waals surface area contributed by atoms with Crippen LogP contribution in [0, 0.1) is 5.92 Å². The van der Waals surface area contributed by atoms with Crippen molar-refractivity contribution in [2.24, 2.45) is 5.92 Å². The Morgan fingerprint density at radius 3 is 2.07 bits per heavy atom. The first-order chi connectivity index (χ1) is 12.0. The summed E-state index contributed by atoms with van der Waals surface area (Å²) in [6.07, 6.45) is 0.541. The third kappa shape index (κ3) is 5.50. The van der Waals surface area contributed by atoms with E-state index in [1.54, 1.807) is 4.90 Å². The van der Waals surface area contributed by atoms with Gasteiger partial charge < -0.3 is 14.9 Å². The zero-order valence-electron chi connectivity index (χ0n) is 15.8. The summed E-state index contributed by atoms with van der Waals surface area (Å²) >= 11 is 0. The minimum atomic E-state index is -0.814. The van der Waals surface area contributed by atoms with Crippen molar-refractivity contribution in [3.05, 3.63) is 29.8 Å². The van der Waals surface area contributed by atoms with E-state index in [-0.39, 0.29) is 30.7 Å². The number of aliphatic carboxylic acids is 1. The van der Waals surface area contributed by atoms with Gasteiger partial charge >= 0.3 is 5.97 Å². The molecule has 0 aliphatic carbocycles. The summed E-state index contributed by atoms with van der Waals surface area (Å²) in [7, 11) is 0. The molecule has 2 aliphatic rings. The molecule has 0 aromatic heterocycles. The third-order valence-electron chi connectivity index (χ3n) is 5.35. The molecular formula is C19H29Cl2N3O3. The van der Waals surface area contributed by atoms with Gasteiger partial charge in [0, 0.05) is 56.6 Å². The normalized spacial score (nSPS) is 20.2. The zero-order valence-corrected chi connectivity index (χ0v) is 17.5. The number of benzene rings is 1. The molecule has 2 fully saturated rings. The van der Waals surface area contributed by atoms with Gasteiger partial charge in [-0.2, -0.15) is 0 Å². The average Bonchev–Trinajstić information content (AvgIpc) is 3.12. The Bertz CT molecular complexity index is 632. The number of rotatable bonds is 4. The summed E-state index contributed by atoms with van der Waals surface area (Å²) in [6.45, 7) is 9.40. The van der Waals surface area contributed by atoms with E-state index < -0.39 is 11.9 Å². The van der Waals surface area contributed by atoms with Crippen LogP contribution in [-0.2, 0) is 4.79 Å². The monoisotopic (exact) mass is 417 g/mol. The van der Waals surface area contributed by atoms with Gasteiger partial charge in [0.2, 0.25) is 0 Å². The fourth-order valence-corrected chi connectivity index (χ4v) is 3.64. The molecule has 1 aromatic rings. The second kappa shape index (κ2) is 10.2. The van der Waals surface area contributed by atoms with E-state index in [4.69, 9.17) is 5.11 Å². The fourth-order valence-electron chi connectivity index (χ4n) is 3.64. The van der Waals surface area contributed by atoms with Gasteiger partial charge in [0.05, 0.1) is 5.92 Å². The number of anilines is 1. The number of piperazine rings is 1. The predicted octanol–water partition coefficient (Wildman–Crippen LogP) is 2.61. The van der Waals surface area contributed by atoms with Crippen LogP contribution in [-0.4, -0.2) is 72.1 Å². The molecule has 1 aromatic carbocycles. The Morgan fingerprint density at radius 1 is 1.00 bits per heavy atom. The first kappa shape index (κ1) is 23.5. The molecule has 3 rings (SSSR count). The summed E-state index contributed by atoms with van der Waals surface area (Å²) in [6, 6.07) is 8.31. The Morgan fingerprint density at radius 2 is 1.59 bits per heavy atom. The number of hydrogen-bond donors (Lipinski definition) is 1. The largest absolute Gasteiger partial charge is 0.481 e. The summed E-state index contributed by atoms with van der Waals surface area (Å²) < 4.78 is 0. The highest BCUT2D eigenvalue weighted by molar-refractivity contribution is 5.95. The van der Waals surface area contributed by atoms with Crippen LogP contribution in [0.15, 0.2) is 24.3 Å². The summed E-state index contributed by atoms with van der Waals surface area (Å²) in [5.74, 6) is -1.31. The minimum Gasteiger partial charge on any atom is -0.481 e. The van der Waals surface area contributed by atoms with Crippen LogP contribution >= 0.6 is 24.8 Å². The number of halogens is 2. The van der Waals surface area contributed by atoms with Gasteiger partial charge in [-0.05, 0) is 44.5 Å². The molecule has 6 nitrogen and oxygen atoms in total. The van der Waals surface area contributed by atoms with Gasteiger partial charge in [0.15, 0.2) is 0 Å². The van der Waals surface area contributed by atoms with Crippen LogP contribution in [0.4, 0.5) is 5.69 Å². The lowest BCUT2D eigenvalue weighted by Gasteiger charge is -2.38. The molecule has 1 atom stereocenters. The van der Waals surface area contributed by atoms with E-state index in [9.17, 15) is 9.59 Å². The summed E-state index contributed by atoms with van der Waals surface area (Å²) in [4.78, 5) is 30.0. The maximum atomic E-state index is 12.5. The fraction of sp³-hybridized carbons (Fsp3) is 0.579. The third-order valence-corrected chi connectivity index (χ3v) is 5.35. The molecular weight excluding hydrogens is 389 g/mol. The van der Waals surface area contributed by atoms with Crippen molar-refractivity contribution in [2.75, 3.05) is 44.2 Å². The molecule has 1 unspecified atom stereocenters. The van der Waals surface area contributed by atoms with Crippen molar-refractivity contribution in [1.82, 2.24) is 9.80 Å². The maximum Gasteiger partial charge on any atom is 0.308 e. The SMILES string of the molecule is CC(C)N1CCN(c2ccc(C(=O)N3CCC(C(=O)O)C3)cc2)CC1.Cl.Cl. The number of nitrogens with zero attached hydrogens (tertiary/aromatic N) is 3. The number of likely N-dealkylation sites (tertiary alicyclic amines) is 1. The molecule has 152 valence electrons. The Balaban J connectivity index is 0.00000182. The van der Waals surface area contributed by atoms with Gasteiger partial charge in [-0.15, -0.1) is 24.8 Å². The van der Waals surface area contributed by atoms with Crippen LogP contribution in [0.2, 0.25) is 0 Å². The Kier molecular flexibility index (Phi) is 8.85. The van der Waals surface area contributed by atoms with Crippen molar-refractivity contribution >= 4 is 42.4 Å². The number of carbonyl (C=O) groups excluding carboxylic acids is 1. The molecule has 1 N–H and O–H groups in total. The van der Waals surface area contributed by atoms with Crippen molar-refractivity contribution in [2.45, 2.75) is 26.3 Å². The quantitative estimate of drug-likeness (QED) is 0.815. The van der Waals surface area contributed by atoms with E-state index in [0.29, 0.717) is 31.1 Å². The van der Waals surface area contributed by atoms with Gasteiger partial charge in [-0.3, -0.25) is 14.5 Å². The highest BCUT2D eigenvalue weighted by Crippen LogP contribution is 2.22. The number of hydrogen-bond acceptors (Lipinski definition) is 4. The van der Waals surface area contributed by atoms with E-state index in [0.717, 1.165) is 31.9 Å². The smallest absolute Gasteiger partial charge is 0.308 e. The maximum absolute atomic E-state index is 12.5. The van der Waals surface area contributed by atoms with Gasteiger partial charge in [-0.1, -0.05) is 0 Å². The van der Waals surface area contributed by atoms with E-state index >= 15 is 0 Å². The van der Waals surface area contributed by atoms with Crippen molar-refractivity contribution in [3.8, 4) is 0 Å². The lowest BCUT2D eigenvalue weighted by atomic mass is 10.1. The first-order valence-electron chi connectivity index (χ1n) is 9.07. The number of carboxylic acids is 1. The van der Waals surface area contributed by atoms with Gasteiger partial charge in [0.25, 0.3) is 5.91 Å². The number of amides is 1. The number of carboxylic acid groups (broad SMARTS) is 1. The molecule has 0 saturated carbocycles. The molecule has 2 heterocycles. The van der Waals surface area contributed by atoms with E-state index in [1.807, 2.05) is 24.3 Å².